The zero-order valence-electron chi connectivity index (χ0n) is 33.7. The first-order chi connectivity index (χ1) is 25.1. The van der Waals surface area contributed by atoms with Crippen molar-refractivity contribution in [1.29, 1.82) is 0 Å². The summed E-state index contributed by atoms with van der Waals surface area (Å²) in [4.78, 5) is 12.4. The van der Waals surface area contributed by atoms with Gasteiger partial charge in [-0.25, -0.2) is 0 Å². The first-order valence-electron chi connectivity index (χ1n) is 22.0. The molecule has 298 valence electrons. The van der Waals surface area contributed by atoms with Crippen molar-refractivity contribution < 1.29 is 20.1 Å². The van der Waals surface area contributed by atoms with Crippen molar-refractivity contribution in [2.45, 2.75) is 231 Å². The highest BCUT2D eigenvalue weighted by Crippen LogP contribution is 2.14. The van der Waals surface area contributed by atoms with Crippen molar-refractivity contribution in [2.24, 2.45) is 0 Å². The lowest BCUT2D eigenvalue weighted by Gasteiger charge is -2.21. The van der Waals surface area contributed by atoms with Crippen LogP contribution < -0.4 is 5.32 Å². The van der Waals surface area contributed by atoms with Crippen LogP contribution in [0.3, 0.4) is 0 Å². The first-order valence-corrected chi connectivity index (χ1v) is 22.0. The Balaban J connectivity index is 3.65. The van der Waals surface area contributed by atoms with E-state index in [1.165, 1.54) is 148 Å². The molecule has 0 rings (SSSR count). The van der Waals surface area contributed by atoms with Gasteiger partial charge in [0.1, 0.15) is 6.10 Å². The third-order valence-corrected chi connectivity index (χ3v) is 9.89. The maximum Gasteiger partial charge on any atom is 0.249 e. The molecule has 4 N–H and O–H groups in total. The molecule has 0 radical (unpaired) electrons. The van der Waals surface area contributed by atoms with Crippen LogP contribution in [-0.4, -0.2) is 46.1 Å². The third kappa shape index (κ3) is 36.5. The first kappa shape index (κ1) is 49.3. The minimum Gasteiger partial charge on any atom is -0.394 e. The van der Waals surface area contributed by atoms with Crippen LogP contribution in [0.2, 0.25) is 0 Å². The Morgan fingerprint density at radius 2 is 0.863 bits per heavy atom. The zero-order valence-corrected chi connectivity index (χ0v) is 33.7. The topological polar surface area (TPSA) is 89.8 Å². The second kappa shape index (κ2) is 41.1. The maximum atomic E-state index is 12.4. The number of carbonyl (C=O) groups is 1. The van der Waals surface area contributed by atoms with E-state index in [4.69, 9.17) is 0 Å². The number of amides is 1. The number of aliphatic hydroxyl groups is 3. The van der Waals surface area contributed by atoms with E-state index >= 15 is 0 Å². The molecule has 51 heavy (non-hydrogen) atoms. The van der Waals surface area contributed by atoms with E-state index in [0.29, 0.717) is 6.42 Å². The molecule has 0 saturated heterocycles. The van der Waals surface area contributed by atoms with Crippen molar-refractivity contribution in [1.82, 2.24) is 5.32 Å². The standard InChI is InChI=1S/C46H85NO4/c1-3-5-7-9-11-13-15-16-17-18-19-20-21-22-23-24-25-26-27-28-29-31-33-35-37-39-41-45(50)46(51)47-43(42-48)44(49)40-38-36-34-32-30-14-12-10-8-6-4-2/h19-20,22-23,30,32,38,40,43-45,48-50H,3-18,21,24-29,31,33-37,39,41-42H2,1-2H3,(H,47,51)/b20-19-,23-22-,32-30+,40-38+. The molecule has 0 bridgehead atoms. The van der Waals surface area contributed by atoms with Gasteiger partial charge in [-0.3, -0.25) is 4.79 Å². The monoisotopic (exact) mass is 716 g/mol. The van der Waals surface area contributed by atoms with Crippen molar-refractivity contribution in [3.05, 3.63) is 48.6 Å². The number of aliphatic hydroxyl groups excluding tert-OH is 3. The van der Waals surface area contributed by atoms with Crippen molar-refractivity contribution in [3.63, 3.8) is 0 Å². The van der Waals surface area contributed by atoms with E-state index < -0.39 is 24.2 Å². The van der Waals surface area contributed by atoms with Gasteiger partial charge in [0.2, 0.25) is 5.91 Å². The average molecular weight is 716 g/mol. The van der Waals surface area contributed by atoms with Crippen LogP contribution in [-0.2, 0) is 4.79 Å². The van der Waals surface area contributed by atoms with Gasteiger partial charge in [0.25, 0.3) is 0 Å². The molecule has 0 spiro atoms. The molecule has 0 aliphatic heterocycles. The van der Waals surface area contributed by atoms with E-state index in [9.17, 15) is 20.1 Å². The fraction of sp³-hybridized carbons (Fsp3) is 0.804. The molecule has 0 fully saturated rings. The molecule has 5 heteroatoms. The van der Waals surface area contributed by atoms with Crippen LogP contribution in [0.4, 0.5) is 0 Å². The zero-order chi connectivity index (χ0) is 37.3. The molecule has 0 aromatic rings. The summed E-state index contributed by atoms with van der Waals surface area (Å²) in [5, 5.41) is 33.0. The van der Waals surface area contributed by atoms with Crippen molar-refractivity contribution in [2.75, 3.05) is 6.61 Å². The number of allylic oxidation sites excluding steroid dienone is 7. The molecule has 0 aliphatic rings. The molecular weight excluding hydrogens is 631 g/mol. The quantitative estimate of drug-likeness (QED) is 0.0377. The number of hydrogen-bond donors (Lipinski definition) is 4. The van der Waals surface area contributed by atoms with Crippen LogP contribution in [0, 0.1) is 0 Å². The number of rotatable bonds is 39. The van der Waals surface area contributed by atoms with Gasteiger partial charge in [0.05, 0.1) is 18.8 Å². The number of nitrogens with one attached hydrogen (secondary N) is 1. The lowest BCUT2D eigenvalue weighted by atomic mass is 10.0. The highest BCUT2D eigenvalue weighted by atomic mass is 16.3. The summed E-state index contributed by atoms with van der Waals surface area (Å²) in [6.45, 7) is 4.13. The Morgan fingerprint density at radius 3 is 1.31 bits per heavy atom. The van der Waals surface area contributed by atoms with Gasteiger partial charge in [-0.2, -0.15) is 0 Å². The lowest BCUT2D eigenvalue weighted by molar-refractivity contribution is -0.131. The van der Waals surface area contributed by atoms with E-state index in [-0.39, 0.29) is 6.61 Å². The number of carbonyl (C=O) groups excluding carboxylic acids is 1. The maximum absolute atomic E-state index is 12.4. The molecule has 0 aliphatic carbocycles. The fourth-order valence-corrected chi connectivity index (χ4v) is 6.41. The van der Waals surface area contributed by atoms with E-state index in [1.807, 2.05) is 6.08 Å². The van der Waals surface area contributed by atoms with Crippen molar-refractivity contribution >= 4 is 5.91 Å². The molecule has 0 saturated carbocycles. The van der Waals surface area contributed by atoms with Crippen LogP contribution in [0.5, 0.6) is 0 Å². The molecule has 0 aromatic heterocycles. The molecule has 0 aromatic carbocycles. The van der Waals surface area contributed by atoms with Crippen LogP contribution in [0.15, 0.2) is 48.6 Å². The van der Waals surface area contributed by atoms with E-state index in [1.54, 1.807) is 6.08 Å². The van der Waals surface area contributed by atoms with Crippen LogP contribution in [0.1, 0.15) is 213 Å². The SMILES string of the molecule is CCCCCCC/C=C/CC/C=C/C(O)C(CO)NC(=O)C(O)CCCCCCCCCCCC/C=C\C/C=C\CCCCCCCCCCC. The molecule has 5 nitrogen and oxygen atoms in total. The minimum absolute atomic E-state index is 0.379. The van der Waals surface area contributed by atoms with Crippen LogP contribution in [0.25, 0.3) is 0 Å². The van der Waals surface area contributed by atoms with Gasteiger partial charge in [-0.1, -0.05) is 197 Å². The smallest absolute Gasteiger partial charge is 0.249 e. The largest absolute Gasteiger partial charge is 0.394 e. The molecule has 3 atom stereocenters. The third-order valence-electron chi connectivity index (χ3n) is 9.89. The predicted molar refractivity (Wildman–Crippen MR) is 222 cm³/mol. The van der Waals surface area contributed by atoms with Gasteiger partial charge in [-0.05, 0) is 64.2 Å². The van der Waals surface area contributed by atoms with Gasteiger partial charge < -0.3 is 20.6 Å². The Hall–Kier alpha value is -1.69. The number of unbranched alkanes of at least 4 members (excludes halogenated alkanes) is 25. The van der Waals surface area contributed by atoms with E-state index in [2.05, 4.69) is 55.6 Å². The Morgan fingerprint density at radius 1 is 0.490 bits per heavy atom. The van der Waals surface area contributed by atoms with Gasteiger partial charge >= 0.3 is 0 Å². The van der Waals surface area contributed by atoms with Gasteiger partial charge in [-0.15, -0.1) is 0 Å². The summed E-state index contributed by atoms with van der Waals surface area (Å²) in [6, 6.07) is -0.815. The molecular formula is C46H85NO4. The summed E-state index contributed by atoms with van der Waals surface area (Å²) in [5.74, 6) is -0.518. The normalized spacial score (nSPS) is 14.1. The summed E-state index contributed by atoms with van der Waals surface area (Å²) < 4.78 is 0. The molecule has 1 amide bonds. The summed E-state index contributed by atoms with van der Waals surface area (Å²) in [6.07, 6.45) is 52.9. The second-order valence-corrected chi connectivity index (χ2v) is 14.9. The summed E-state index contributed by atoms with van der Waals surface area (Å²) in [5.41, 5.74) is 0. The minimum atomic E-state index is -1.11. The highest BCUT2D eigenvalue weighted by molar-refractivity contribution is 5.80. The lowest BCUT2D eigenvalue weighted by Crippen LogP contribution is -2.48. The van der Waals surface area contributed by atoms with Gasteiger partial charge in [0, 0.05) is 0 Å². The van der Waals surface area contributed by atoms with E-state index in [0.717, 1.165) is 44.9 Å². The predicted octanol–water partition coefficient (Wildman–Crippen LogP) is 12.5. The Bertz CT molecular complexity index is 835. The Kier molecular flexibility index (Phi) is 39.7. The average Bonchev–Trinajstić information content (AvgIpc) is 3.13. The van der Waals surface area contributed by atoms with Gasteiger partial charge in [0.15, 0.2) is 0 Å². The second-order valence-electron chi connectivity index (χ2n) is 14.9. The Labute approximate surface area is 316 Å². The highest BCUT2D eigenvalue weighted by Gasteiger charge is 2.22. The number of hydrogen-bond acceptors (Lipinski definition) is 4. The molecule has 0 heterocycles. The molecule has 3 unspecified atom stereocenters. The van der Waals surface area contributed by atoms with Crippen LogP contribution >= 0.6 is 0 Å². The fourth-order valence-electron chi connectivity index (χ4n) is 6.41. The van der Waals surface area contributed by atoms with Crippen molar-refractivity contribution in [3.8, 4) is 0 Å². The summed E-state index contributed by atoms with van der Waals surface area (Å²) >= 11 is 0. The summed E-state index contributed by atoms with van der Waals surface area (Å²) in [7, 11) is 0.